The van der Waals surface area contributed by atoms with E-state index in [0.29, 0.717) is 11.3 Å². The Labute approximate surface area is 174 Å². The number of hydrogen-bond acceptors (Lipinski definition) is 4. The maximum Gasteiger partial charge on any atom is 0.277 e. The summed E-state index contributed by atoms with van der Waals surface area (Å²) in [5.74, 6) is -0.766. The zero-order valence-electron chi connectivity index (χ0n) is 16.8. The number of pyridine rings is 1. The molecule has 1 unspecified atom stereocenters. The number of hydrogen-bond donors (Lipinski definition) is 1. The van der Waals surface area contributed by atoms with Gasteiger partial charge >= 0.3 is 0 Å². The Bertz CT molecular complexity index is 1160. The summed E-state index contributed by atoms with van der Waals surface area (Å²) in [6, 6.07) is 19.3. The predicted octanol–water partition coefficient (Wildman–Crippen LogP) is 4.13. The molecule has 1 N–H and O–H groups in total. The highest BCUT2D eigenvalue weighted by Crippen LogP contribution is 2.32. The van der Waals surface area contributed by atoms with Gasteiger partial charge in [0.15, 0.2) is 5.78 Å². The largest absolute Gasteiger partial charge is 0.321 e. The molecule has 1 aromatic heterocycles. The van der Waals surface area contributed by atoms with E-state index in [4.69, 9.17) is 0 Å². The van der Waals surface area contributed by atoms with Crippen molar-refractivity contribution in [2.75, 3.05) is 10.2 Å². The summed E-state index contributed by atoms with van der Waals surface area (Å²) in [6.45, 7) is 3.46. The molecular formula is C24H21N3O3. The number of anilines is 2. The summed E-state index contributed by atoms with van der Waals surface area (Å²) in [7, 11) is 0. The van der Waals surface area contributed by atoms with E-state index in [1.807, 2.05) is 31.2 Å². The lowest BCUT2D eigenvalue weighted by atomic mass is 10.1. The molecule has 3 aromatic rings. The third-order valence-electron chi connectivity index (χ3n) is 5.15. The quantitative estimate of drug-likeness (QED) is 0.669. The van der Waals surface area contributed by atoms with Crippen LogP contribution in [0, 0.1) is 0 Å². The van der Waals surface area contributed by atoms with Gasteiger partial charge in [-0.25, -0.2) is 4.98 Å². The van der Waals surface area contributed by atoms with Crippen molar-refractivity contribution in [2.24, 2.45) is 0 Å². The van der Waals surface area contributed by atoms with Crippen LogP contribution >= 0.6 is 0 Å². The minimum atomic E-state index is -0.444. The van der Waals surface area contributed by atoms with Gasteiger partial charge in [0.1, 0.15) is 11.4 Å². The van der Waals surface area contributed by atoms with Crippen LogP contribution in [0.3, 0.4) is 0 Å². The molecule has 2 aromatic carbocycles. The average molecular weight is 399 g/mol. The lowest BCUT2D eigenvalue weighted by molar-refractivity contribution is 0.0974. The summed E-state index contributed by atoms with van der Waals surface area (Å²) in [6.07, 6.45) is 0.786. The average Bonchev–Trinajstić information content (AvgIpc) is 3.09. The van der Waals surface area contributed by atoms with Crippen molar-refractivity contribution in [1.29, 1.82) is 0 Å². The molecule has 4 rings (SSSR count). The molecular weight excluding hydrogens is 378 g/mol. The van der Waals surface area contributed by atoms with Gasteiger partial charge in [-0.2, -0.15) is 0 Å². The first-order chi connectivity index (χ1) is 14.4. The van der Waals surface area contributed by atoms with E-state index < -0.39 is 5.91 Å². The van der Waals surface area contributed by atoms with E-state index >= 15 is 0 Å². The third kappa shape index (κ3) is 3.72. The topological polar surface area (TPSA) is 79.4 Å². The van der Waals surface area contributed by atoms with Gasteiger partial charge in [0.25, 0.3) is 11.8 Å². The molecule has 0 bridgehead atoms. The van der Waals surface area contributed by atoms with Gasteiger partial charge in [0.2, 0.25) is 0 Å². The number of ketones is 1. The van der Waals surface area contributed by atoms with Crippen LogP contribution in [0.25, 0.3) is 0 Å². The molecule has 0 saturated heterocycles. The number of nitrogens with zero attached hydrogens (tertiary/aromatic N) is 2. The minimum Gasteiger partial charge on any atom is -0.321 e. The smallest absolute Gasteiger partial charge is 0.277 e. The molecule has 1 atom stereocenters. The van der Waals surface area contributed by atoms with E-state index in [1.54, 1.807) is 47.4 Å². The van der Waals surface area contributed by atoms with E-state index in [0.717, 1.165) is 17.7 Å². The summed E-state index contributed by atoms with van der Waals surface area (Å²) in [4.78, 5) is 43.4. The summed E-state index contributed by atoms with van der Waals surface area (Å²) in [5, 5.41) is 2.74. The number of benzene rings is 2. The molecule has 6 nitrogen and oxygen atoms in total. The number of para-hydroxylation sites is 1. The van der Waals surface area contributed by atoms with Crippen molar-refractivity contribution in [3.05, 3.63) is 89.2 Å². The number of Topliss-reactive ketones (excluding diaryl/α,β-unsaturated/α-hetero) is 1. The molecule has 0 fully saturated rings. The molecule has 0 spiro atoms. The highest BCUT2D eigenvalue weighted by atomic mass is 16.2. The van der Waals surface area contributed by atoms with E-state index in [1.165, 1.54) is 6.92 Å². The molecule has 1 aliphatic rings. The lowest BCUT2D eigenvalue weighted by Crippen LogP contribution is -2.36. The maximum absolute atomic E-state index is 13.2. The summed E-state index contributed by atoms with van der Waals surface area (Å²) in [5.41, 5.74) is 3.35. The molecule has 2 heterocycles. The Morgan fingerprint density at radius 1 is 0.967 bits per heavy atom. The molecule has 0 aliphatic carbocycles. The number of carbonyl (C=O) groups is 3. The van der Waals surface area contributed by atoms with Gasteiger partial charge < -0.3 is 10.2 Å². The van der Waals surface area contributed by atoms with E-state index in [2.05, 4.69) is 10.3 Å². The standard InChI is InChI=1S/C24H21N3O3/c1-15-13-18-7-3-4-12-22(18)27(15)24(30)21-11-6-10-20(26-21)23(29)25-19-9-5-8-17(14-19)16(2)28/h3-12,14-15H,13H2,1-2H3,(H,25,29). The van der Waals surface area contributed by atoms with Gasteiger partial charge in [0, 0.05) is 23.0 Å². The SMILES string of the molecule is CC(=O)c1cccc(NC(=O)c2cccc(C(=O)N3c4ccccc4CC3C)n2)c1. The lowest BCUT2D eigenvalue weighted by Gasteiger charge is -2.22. The Balaban J connectivity index is 1.57. The van der Waals surface area contributed by atoms with Crippen molar-refractivity contribution in [2.45, 2.75) is 26.3 Å². The van der Waals surface area contributed by atoms with Crippen molar-refractivity contribution < 1.29 is 14.4 Å². The first-order valence-corrected chi connectivity index (χ1v) is 9.75. The normalized spacial score (nSPS) is 14.9. The molecule has 150 valence electrons. The summed E-state index contributed by atoms with van der Waals surface area (Å²) >= 11 is 0. The fraction of sp³-hybridized carbons (Fsp3) is 0.167. The van der Waals surface area contributed by atoms with Crippen molar-refractivity contribution >= 4 is 29.0 Å². The second kappa shape index (κ2) is 7.91. The zero-order valence-corrected chi connectivity index (χ0v) is 16.8. The van der Waals surface area contributed by atoms with Gasteiger partial charge in [-0.1, -0.05) is 36.4 Å². The number of aromatic nitrogens is 1. The Morgan fingerprint density at radius 3 is 2.50 bits per heavy atom. The van der Waals surface area contributed by atoms with Crippen LogP contribution < -0.4 is 10.2 Å². The molecule has 1 aliphatic heterocycles. The molecule has 6 heteroatoms. The first kappa shape index (κ1) is 19.5. The molecule has 30 heavy (non-hydrogen) atoms. The van der Waals surface area contributed by atoms with Gasteiger partial charge in [-0.15, -0.1) is 0 Å². The Morgan fingerprint density at radius 2 is 1.70 bits per heavy atom. The number of fused-ring (bicyclic) bond motifs is 1. The minimum absolute atomic E-state index is 0.0171. The highest BCUT2D eigenvalue weighted by molar-refractivity contribution is 6.08. The Hall–Kier alpha value is -3.80. The second-order valence-corrected chi connectivity index (χ2v) is 7.36. The van der Waals surface area contributed by atoms with E-state index in [-0.39, 0.29) is 29.1 Å². The molecule has 2 amide bonds. The van der Waals surface area contributed by atoms with Crippen LogP contribution in [-0.4, -0.2) is 28.6 Å². The van der Waals surface area contributed by atoms with Crippen molar-refractivity contribution in [1.82, 2.24) is 4.98 Å². The van der Waals surface area contributed by atoms with Crippen LogP contribution in [0.5, 0.6) is 0 Å². The highest BCUT2D eigenvalue weighted by Gasteiger charge is 2.32. The second-order valence-electron chi connectivity index (χ2n) is 7.36. The van der Waals surface area contributed by atoms with Gasteiger partial charge in [0.05, 0.1) is 0 Å². The van der Waals surface area contributed by atoms with Gasteiger partial charge in [-0.3, -0.25) is 14.4 Å². The zero-order chi connectivity index (χ0) is 21.3. The van der Waals surface area contributed by atoms with Crippen molar-refractivity contribution in [3.63, 3.8) is 0 Å². The van der Waals surface area contributed by atoms with Gasteiger partial charge in [-0.05, 0) is 56.2 Å². The summed E-state index contributed by atoms with van der Waals surface area (Å²) < 4.78 is 0. The van der Waals surface area contributed by atoms with Crippen LogP contribution in [0.1, 0.15) is 50.7 Å². The Kier molecular flexibility index (Phi) is 5.14. The van der Waals surface area contributed by atoms with Crippen LogP contribution in [-0.2, 0) is 6.42 Å². The number of amides is 2. The maximum atomic E-state index is 13.2. The van der Waals surface area contributed by atoms with Crippen LogP contribution in [0.4, 0.5) is 11.4 Å². The fourth-order valence-electron chi connectivity index (χ4n) is 3.69. The predicted molar refractivity (Wildman–Crippen MR) is 115 cm³/mol. The monoisotopic (exact) mass is 399 g/mol. The molecule has 0 saturated carbocycles. The van der Waals surface area contributed by atoms with E-state index in [9.17, 15) is 14.4 Å². The van der Waals surface area contributed by atoms with Crippen molar-refractivity contribution in [3.8, 4) is 0 Å². The number of nitrogens with one attached hydrogen (secondary N) is 1. The third-order valence-corrected chi connectivity index (χ3v) is 5.15. The molecule has 0 radical (unpaired) electrons. The van der Waals surface area contributed by atoms with Crippen LogP contribution in [0.2, 0.25) is 0 Å². The first-order valence-electron chi connectivity index (χ1n) is 9.75. The number of rotatable bonds is 4. The van der Waals surface area contributed by atoms with Crippen LogP contribution in [0.15, 0.2) is 66.7 Å². The fourth-order valence-corrected chi connectivity index (χ4v) is 3.69. The number of carbonyl (C=O) groups excluding carboxylic acids is 3.